The van der Waals surface area contributed by atoms with E-state index in [2.05, 4.69) is 17.1 Å². The summed E-state index contributed by atoms with van der Waals surface area (Å²) in [5, 5.41) is 16.4. The van der Waals surface area contributed by atoms with Crippen LogP contribution in [0.5, 0.6) is 11.5 Å². The lowest BCUT2D eigenvalue weighted by atomic mass is 10.1. The first-order chi connectivity index (χ1) is 15.6. The Kier molecular flexibility index (Phi) is 12.3. The minimum Gasteiger partial charge on any atom is -0.508 e. The number of aromatic hydroxyl groups is 1. The van der Waals surface area contributed by atoms with Crippen LogP contribution in [0.3, 0.4) is 0 Å². The Hall–Kier alpha value is -2.57. The summed E-state index contributed by atoms with van der Waals surface area (Å²) in [5.74, 6) is 1.42. The number of halogens is 1. The molecule has 5 nitrogen and oxygen atoms in total. The van der Waals surface area contributed by atoms with E-state index in [0.29, 0.717) is 17.2 Å². The molecule has 0 radical (unpaired) electrons. The normalized spacial score (nSPS) is 10.2. The van der Waals surface area contributed by atoms with Gasteiger partial charge in [0.15, 0.2) is 10.9 Å². The van der Waals surface area contributed by atoms with Gasteiger partial charge in [-0.2, -0.15) is 0 Å². The number of hydrogen-bond donors (Lipinski definition) is 1. The summed E-state index contributed by atoms with van der Waals surface area (Å²) in [6.45, 7) is 2.20. The molecule has 0 bridgehead atoms. The average Bonchev–Trinajstić information content (AvgIpc) is 2.80. The number of benzene rings is 2. The number of aromatic nitrogens is 2. The summed E-state index contributed by atoms with van der Waals surface area (Å²) in [5.41, 5.74) is 1.34. The van der Waals surface area contributed by atoms with Crippen molar-refractivity contribution in [1.82, 2.24) is 10.2 Å². The fourth-order valence-electron chi connectivity index (χ4n) is 2.81. The van der Waals surface area contributed by atoms with Crippen molar-refractivity contribution in [3.05, 3.63) is 71.9 Å². The van der Waals surface area contributed by atoms with Gasteiger partial charge in [-0.3, -0.25) is 0 Å². The molecule has 0 aliphatic rings. The van der Waals surface area contributed by atoms with Gasteiger partial charge in [-0.25, -0.2) is 4.79 Å². The lowest BCUT2D eigenvalue weighted by Gasteiger charge is -2.09. The van der Waals surface area contributed by atoms with Crippen molar-refractivity contribution >= 4 is 28.7 Å². The number of thioether (sulfide) groups is 1. The topological polar surface area (TPSA) is 72.3 Å². The Labute approximate surface area is 199 Å². The first-order valence-electron chi connectivity index (χ1n) is 10.8. The maximum Gasteiger partial charge on any atom is 0.372 e. The fraction of sp³-hybridized carbons (Fsp3) is 0.320. The second kappa shape index (κ2) is 15.3. The summed E-state index contributed by atoms with van der Waals surface area (Å²) < 4.78 is 5.46. The number of phenolic OH excluding ortho intramolecular Hbond substituents is 1. The van der Waals surface area contributed by atoms with E-state index < -0.39 is 0 Å². The number of carbonyl (C=O) groups is 1. The molecule has 0 fully saturated rings. The smallest absolute Gasteiger partial charge is 0.372 e. The lowest BCUT2D eigenvalue weighted by molar-refractivity contribution is 0.227. The molecule has 3 aromatic rings. The molecule has 1 heterocycles. The second-order valence-electron chi connectivity index (χ2n) is 7.05. The molecule has 0 atom stereocenters. The molecule has 0 saturated carbocycles. The molecule has 32 heavy (non-hydrogen) atoms. The first-order valence-corrected chi connectivity index (χ1v) is 12.1. The summed E-state index contributed by atoms with van der Waals surface area (Å²) in [6, 6.07) is 19.7. The van der Waals surface area contributed by atoms with Crippen molar-refractivity contribution in [1.29, 1.82) is 0 Å². The molecule has 170 valence electrons. The van der Waals surface area contributed by atoms with Crippen LogP contribution in [0.15, 0.2) is 66.7 Å². The third kappa shape index (κ3) is 10.2. The van der Waals surface area contributed by atoms with E-state index in [-0.39, 0.29) is 10.5 Å². The standard InChI is InChI=1S/C19H23ClN2O2S.C6H6O/c1-2-3-4-5-6-10-13-25-19(23)24-16-14-17(20)21-22-18(16)15-11-8-7-9-12-15;7-6-4-2-1-3-5-6/h7-9,11-12,14H,2-6,10,13H2,1H3;1-5,7H. The number of para-hydroxylation sites is 1. The van der Waals surface area contributed by atoms with Gasteiger partial charge in [0.05, 0.1) is 0 Å². The predicted octanol–water partition coefficient (Wildman–Crippen LogP) is 7.78. The van der Waals surface area contributed by atoms with E-state index in [9.17, 15) is 4.79 Å². The maximum atomic E-state index is 12.1. The minimum absolute atomic E-state index is 0.198. The van der Waals surface area contributed by atoms with Crippen molar-refractivity contribution in [2.75, 3.05) is 5.75 Å². The van der Waals surface area contributed by atoms with Crippen LogP contribution in [0.4, 0.5) is 4.79 Å². The Morgan fingerprint density at radius 3 is 2.19 bits per heavy atom. The lowest BCUT2D eigenvalue weighted by Crippen LogP contribution is -2.04. The van der Waals surface area contributed by atoms with Gasteiger partial charge in [-0.1, -0.05) is 99.2 Å². The van der Waals surface area contributed by atoms with Gasteiger partial charge in [-0.15, -0.1) is 10.2 Å². The fourth-order valence-corrected chi connectivity index (χ4v) is 3.61. The van der Waals surface area contributed by atoms with Crippen LogP contribution in [0.1, 0.15) is 45.4 Å². The van der Waals surface area contributed by atoms with Gasteiger partial charge in [0.1, 0.15) is 11.4 Å². The van der Waals surface area contributed by atoms with Crippen LogP contribution in [0.25, 0.3) is 11.3 Å². The highest BCUT2D eigenvalue weighted by Crippen LogP contribution is 2.30. The molecule has 0 amide bonds. The maximum absolute atomic E-state index is 12.1. The van der Waals surface area contributed by atoms with Gasteiger partial charge >= 0.3 is 5.30 Å². The highest BCUT2D eigenvalue weighted by molar-refractivity contribution is 8.13. The third-order valence-corrected chi connectivity index (χ3v) is 5.44. The van der Waals surface area contributed by atoms with Crippen molar-refractivity contribution in [3.8, 4) is 22.8 Å². The molecule has 2 aromatic carbocycles. The summed E-state index contributed by atoms with van der Waals surface area (Å²) in [7, 11) is 0. The van der Waals surface area contributed by atoms with E-state index in [1.807, 2.05) is 36.4 Å². The molecular formula is C25H29ClN2O3S. The number of hydrogen-bond acceptors (Lipinski definition) is 6. The molecule has 0 spiro atoms. The SMILES string of the molecule is CCCCCCCCSC(=O)Oc1cc(Cl)nnc1-c1ccccc1.Oc1ccccc1. The van der Waals surface area contributed by atoms with E-state index in [1.165, 1.54) is 43.5 Å². The molecule has 7 heteroatoms. The van der Waals surface area contributed by atoms with Crippen LogP contribution >= 0.6 is 23.4 Å². The molecule has 0 unspecified atom stereocenters. The van der Waals surface area contributed by atoms with Crippen LogP contribution in [0.2, 0.25) is 5.15 Å². The predicted molar refractivity (Wildman–Crippen MR) is 132 cm³/mol. The highest BCUT2D eigenvalue weighted by Gasteiger charge is 2.14. The van der Waals surface area contributed by atoms with Gasteiger partial charge in [-0.05, 0) is 30.3 Å². The highest BCUT2D eigenvalue weighted by atomic mass is 35.5. The van der Waals surface area contributed by atoms with E-state index in [1.54, 1.807) is 24.3 Å². The molecule has 1 aromatic heterocycles. The number of carbonyl (C=O) groups excluding carboxylic acids is 1. The molecule has 3 rings (SSSR count). The van der Waals surface area contributed by atoms with Crippen molar-refractivity contribution in [2.45, 2.75) is 45.4 Å². The van der Waals surface area contributed by atoms with Crippen LogP contribution in [-0.4, -0.2) is 26.4 Å². The number of nitrogens with zero attached hydrogens (tertiary/aromatic N) is 2. The number of rotatable bonds is 9. The van der Waals surface area contributed by atoms with Gasteiger partial charge in [0.25, 0.3) is 0 Å². The zero-order valence-corrected chi connectivity index (χ0v) is 19.8. The van der Waals surface area contributed by atoms with Crippen molar-refractivity contribution in [2.24, 2.45) is 0 Å². The number of unbranched alkanes of at least 4 members (excludes halogenated alkanes) is 5. The Bertz CT molecular complexity index is 927. The largest absolute Gasteiger partial charge is 0.508 e. The summed E-state index contributed by atoms with van der Waals surface area (Å²) >= 11 is 7.10. The van der Waals surface area contributed by atoms with Gasteiger partial charge in [0, 0.05) is 17.4 Å². The monoisotopic (exact) mass is 472 g/mol. The van der Waals surface area contributed by atoms with Crippen LogP contribution in [0, 0.1) is 0 Å². The van der Waals surface area contributed by atoms with Crippen molar-refractivity contribution in [3.63, 3.8) is 0 Å². The van der Waals surface area contributed by atoms with Gasteiger partial charge < -0.3 is 9.84 Å². The number of phenols is 1. The van der Waals surface area contributed by atoms with Crippen LogP contribution < -0.4 is 4.74 Å². The second-order valence-corrected chi connectivity index (χ2v) is 8.47. The van der Waals surface area contributed by atoms with E-state index in [4.69, 9.17) is 21.4 Å². The average molecular weight is 473 g/mol. The zero-order chi connectivity index (χ0) is 23.0. The summed E-state index contributed by atoms with van der Waals surface area (Å²) in [6.07, 6.45) is 7.20. The van der Waals surface area contributed by atoms with E-state index >= 15 is 0 Å². The third-order valence-electron chi connectivity index (χ3n) is 4.44. The van der Waals surface area contributed by atoms with Crippen molar-refractivity contribution < 1.29 is 14.6 Å². The Balaban J connectivity index is 0.000000439. The van der Waals surface area contributed by atoms with Gasteiger partial charge in [0.2, 0.25) is 0 Å². The molecule has 0 aliphatic heterocycles. The molecule has 1 N–H and O–H groups in total. The Morgan fingerprint density at radius 1 is 0.938 bits per heavy atom. The Morgan fingerprint density at radius 2 is 1.56 bits per heavy atom. The molecule has 0 saturated heterocycles. The van der Waals surface area contributed by atoms with Crippen LogP contribution in [-0.2, 0) is 0 Å². The number of ether oxygens (including phenoxy) is 1. The zero-order valence-electron chi connectivity index (χ0n) is 18.2. The minimum atomic E-state index is -0.338. The quantitative estimate of drug-likeness (QED) is 0.253. The first kappa shape index (κ1) is 25.7. The molecular weight excluding hydrogens is 444 g/mol. The van der Waals surface area contributed by atoms with E-state index in [0.717, 1.165) is 24.2 Å². The summed E-state index contributed by atoms with van der Waals surface area (Å²) in [4.78, 5) is 12.1. The molecule has 0 aliphatic carbocycles.